The van der Waals surface area contributed by atoms with Crippen molar-refractivity contribution in [1.29, 1.82) is 0 Å². The summed E-state index contributed by atoms with van der Waals surface area (Å²) < 4.78 is 13.6. The van der Waals surface area contributed by atoms with Crippen LogP contribution in [0.1, 0.15) is 24.2 Å². The summed E-state index contributed by atoms with van der Waals surface area (Å²) in [7, 11) is 0. The number of hydrogen-bond acceptors (Lipinski definition) is 5. The van der Waals surface area contributed by atoms with Gasteiger partial charge in [0.2, 0.25) is 11.0 Å². The molecule has 116 valence electrons. The van der Waals surface area contributed by atoms with Crippen molar-refractivity contribution in [3.8, 4) is 0 Å². The molecule has 2 rings (SSSR count). The highest BCUT2D eigenvalue weighted by atomic mass is 32.1. The summed E-state index contributed by atoms with van der Waals surface area (Å²) in [6.45, 7) is 3.57. The first-order valence-corrected chi connectivity index (χ1v) is 7.49. The van der Waals surface area contributed by atoms with E-state index in [2.05, 4.69) is 20.8 Å². The third-order valence-electron chi connectivity index (χ3n) is 2.94. The van der Waals surface area contributed by atoms with E-state index in [-0.39, 0.29) is 11.5 Å². The maximum Gasteiger partial charge on any atom is 0.254 e. The molecule has 1 aromatic carbocycles. The maximum absolute atomic E-state index is 13.6. The van der Waals surface area contributed by atoms with E-state index >= 15 is 0 Å². The number of amides is 2. The van der Waals surface area contributed by atoms with Crippen LogP contribution in [0.15, 0.2) is 29.8 Å². The molecule has 0 saturated carbocycles. The predicted molar refractivity (Wildman–Crippen MR) is 81.0 cm³/mol. The summed E-state index contributed by atoms with van der Waals surface area (Å²) >= 11 is 1.17. The molecular weight excluding hydrogens is 307 g/mol. The zero-order chi connectivity index (χ0) is 16.1. The first-order valence-electron chi connectivity index (χ1n) is 6.61. The highest BCUT2D eigenvalue weighted by Gasteiger charge is 2.26. The van der Waals surface area contributed by atoms with Gasteiger partial charge in [0.15, 0.2) is 0 Å². The number of benzene rings is 1. The number of nitrogens with zero attached hydrogens (tertiary/aromatic N) is 2. The van der Waals surface area contributed by atoms with E-state index in [1.165, 1.54) is 35.0 Å². The minimum Gasteiger partial charge on any atom is -0.340 e. The molecule has 2 aromatic rings. The fourth-order valence-corrected chi connectivity index (χ4v) is 2.26. The standard InChI is InChI=1S/C14H15FN4O2S/c1-8(2)11(13(21)18-14-19-16-7-22-14)17-12(20)9-5-3-4-6-10(9)15/h3-8,11H,1-2H3,(H,17,20)(H,18,19,21)/t11-/m1/s1. The molecule has 1 atom stereocenters. The van der Waals surface area contributed by atoms with Gasteiger partial charge in [0.05, 0.1) is 5.56 Å². The molecule has 6 nitrogen and oxygen atoms in total. The van der Waals surface area contributed by atoms with Crippen molar-refractivity contribution in [3.05, 3.63) is 41.2 Å². The SMILES string of the molecule is CC(C)[C@@H](NC(=O)c1ccccc1F)C(=O)Nc1nncs1. The third kappa shape index (κ3) is 3.85. The number of carbonyl (C=O) groups is 2. The molecule has 0 aliphatic carbocycles. The number of aromatic nitrogens is 2. The topological polar surface area (TPSA) is 84.0 Å². The number of anilines is 1. The average Bonchev–Trinajstić information content (AvgIpc) is 2.97. The summed E-state index contributed by atoms with van der Waals surface area (Å²) in [5.41, 5.74) is 1.38. The molecular formula is C14H15FN4O2S. The molecule has 8 heteroatoms. The lowest BCUT2D eigenvalue weighted by molar-refractivity contribution is -0.118. The van der Waals surface area contributed by atoms with Crippen LogP contribution in [0.25, 0.3) is 0 Å². The fourth-order valence-electron chi connectivity index (χ4n) is 1.81. The lowest BCUT2D eigenvalue weighted by atomic mass is 10.0. The van der Waals surface area contributed by atoms with Gasteiger partial charge in [-0.2, -0.15) is 0 Å². The predicted octanol–water partition coefficient (Wildman–Crippen LogP) is 2.07. The Labute approximate surface area is 130 Å². The lowest BCUT2D eigenvalue weighted by Gasteiger charge is -2.21. The first kappa shape index (κ1) is 16.0. The fraction of sp³-hybridized carbons (Fsp3) is 0.286. The van der Waals surface area contributed by atoms with E-state index in [0.717, 1.165) is 0 Å². The van der Waals surface area contributed by atoms with Crippen molar-refractivity contribution in [3.63, 3.8) is 0 Å². The van der Waals surface area contributed by atoms with Crippen LogP contribution in [0.3, 0.4) is 0 Å². The van der Waals surface area contributed by atoms with E-state index in [9.17, 15) is 14.0 Å². The molecule has 0 saturated heterocycles. The molecule has 0 aliphatic heterocycles. The quantitative estimate of drug-likeness (QED) is 0.882. The Kier molecular flexibility index (Phi) is 5.16. The van der Waals surface area contributed by atoms with Crippen LogP contribution in [0.2, 0.25) is 0 Å². The number of rotatable bonds is 5. The number of halogens is 1. The van der Waals surface area contributed by atoms with Crippen molar-refractivity contribution in [2.75, 3.05) is 5.32 Å². The maximum atomic E-state index is 13.6. The molecule has 0 aliphatic rings. The Balaban J connectivity index is 2.10. The minimum atomic E-state index is -0.809. The summed E-state index contributed by atoms with van der Waals surface area (Å²) in [6.07, 6.45) is 0. The van der Waals surface area contributed by atoms with Gasteiger partial charge >= 0.3 is 0 Å². The number of nitrogens with one attached hydrogen (secondary N) is 2. The highest BCUT2D eigenvalue weighted by molar-refractivity contribution is 7.13. The summed E-state index contributed by atoms with van der Waals surface area (Å²) in [5.74, 6) is -1.86. The van der Waals surface area contributed by atoms with Gasteiger partial charge in [-0.25, -0.2) is 4.39 Å². The summed E-state index contributed by atoms with van der Waals surface area (Å²) in [4.78, 5) is 24.4. The zero-order valence-electron chi connectivity index (χ0n) is 12.0. The second-order valence-corrected chi connectivity index (χ2v) is 5.74. The molecule has 0 unspecified atom stereocenters. The smallest absolute Gasteiger partial charge is 0.254 e. The largest absolute Gasteiger partial charge is 0.340 e. The van der Waals surface area contributed by atoms with Gasteiger partial charge in [0.25, 0.3) is 5.91 Å². The minimum absolute atomic E-state index is 0.100. The van der Waals surface area contributed by atoms with Crippen molar-refractivity contribution in [2.24, 2.45) is 5.92 Å². The number of hydrogen-bond donors (Lipinski definition) is 2. The Bertz CT molecular complexity index is 661. The Morgan fingerprint density at radius 1 is 1.27 bits per heavy atom. The summed E-state index contributed by atoms with van der Waals surface area (Å²) in [5, 5.41) is 12.8. The van der Waals surface area contributed by atoms with E-state index in [4.69, 9.17) is 0 Å². The second-order valence-electron chi connectivity index (χ2n) is 4.91. The van der Waals surface area contributed by atoms with Crippen molar-refractivity contribution >= 4 is 28.3 Å². The monoisotopic (exact) mass is 322 g/mol. The van der Waals surface area contributed by atoms with E-state index in [0.29, 0.717) is 5.13 Å². The van der Waals surface area contributed by atoms with Crippen molar-refractivity contribution in [2.45, 2.75) is 19.9 Å². The normalized spacial score (nSPS) is 12.0. The van der Waals surface area contributed by atoms with E-state index in [1.54, 1.807) is 19.9 Å². The van der Waals surface area contributed by atoms with E-state index in [1.807, 2.05) is 0 Å². The average molecular weight is 322 g/mol. The van der Waals surface area contributed by atoms with Crippen molar-refractivity contribution < 1.29 is 14.0 Å². The molecule has 2 N–H and O–H groups in total. The zero-order valence-corrected chi connectivity index (χ0v) is 12.9. The molecule has 1 aromatic heterocycles. The molecule has 0 spiro atoms. The molecule has 0 fully saturated rings. The van der Waals surface area contributed by atoms with Crippen LogP contribution < -0.4 is 10.6 Å². The molecule has 0 bridgehead atoms. The van der Waals surface area contributed by atoms with Crippen LogP contribution in [0, 0.1) is 11.7 Å². The van der Waals surface area contributed by atoms with Gasteiger partial charge in [-0.3, -0.25) is 14.9 Å². The highest BCUT2D eigenvalue weighted by Crippen LogP contribution is 2.12. The molecule has 0 radical (unpaired) electrons. The number of carbonyl (C=O) groups excluding carboxylic acids is 2. The second kappa shape index (κ2) is 7.08. The molecule has 2 amide bonds. The lowest BCUT2D eigenvalue weighted by Crippen LogP contribution is -2.47. The molecule has 1 heterocycles. The van der Waals surface area contributed by atoms with Crippen LogP contribution in [0.4, 0.5) is 9.52 Å². The molecule has 22 heavy (non-hydrogen) atoms. The Morgan fingerprint density at radius 2 is 2.00 bits per heavy atom. The van der Waals surface area contributed by atoms with Crippen LogP contribution >= 0.6 is 11.3 Å². The Hall–Kier alpha value is -2.35. The van der Waals surface area contributed by atoms with Gasteiger partial charge in [-0.15, -0.1) is 10.2 Å². The van der Waals surface area contributed by atoms with E-state index < -0.39 is 23.7 Å². The third-order valence-corrected chi connectivity index (χ3v) is 3.55. The van der Waals surface area contributed by atoms with Crippen LogP contribution in [0.5, 0.6) is 0 Å². The van der Waals surface area contributed by atoms with Gasteiger partial charge in [0, 0.05) is 0 Å². The van der Waals surface area contributed by atoms with Gasteiger partial charge < -0.3 is 5.32 Å². The van der Waals surface area contributed by atoms with Gasteiger partial charge in [-0.05, 0) is 18.1 Å². The Morgan fingerprint density at radius 3 is 2.59 bits per heavy atom. The van der Waals surface area contributed by atoms with Crippen LogP contribution in [-0.2, 0) is 4.79 Å². The van der Waals surface area contributed by atoms with Crippen molar-refractivity contribution in [1.82, 2.24) is 15.5 Å². The summed E-state index contributed by atoms with van der Waals surface area (Å²) in [6, 6.07) is 4.81. The van der Waals surface area contributed by atoms with Gasteiger partial charge in [0.1, 0.15) is 17.4 Å². The van der Waals surface area contributed by atoms with Crippen LogP contribution in [-0.4, -0.2) is 28.1 Å². The first-order chi connectivity index (χ1) is 10.5. The van der Waals surface area contributed by atoms with Gasteiger partial charge in [-0.1, -0.05) is 37.3 Å².